The maximum Gasteiger partial charge on any atom is 0.144 e. The molecule has 148 valence electrons. The van der Waals surface area contributed by atoms with E-state index in [1.165, 1.54) is 12.3 Å². The molecule has 2 heterocycles. The molecule has 0 aliphatic carbocycles. The molecule has 2 aromatic rings. The second kappa shape index (κ2) is 8.59. The molecule has 1 aromatic heterocycles. The molecule has 0 spiro atoms. The number of nitrogens with two attached hydrogens (primary N) is 2. The van der Waals surface area contributed by atoms with Crippen LogP contribution >= 0.6 is 23.4 Å². The number of thioether (sulfide) groups is 1. The van der Waals surface area contributed by atoms with Gasteiger partial charge in [-0.25, -0.2) is 8.78 Å². The zero-order valence-corrected chi connectivity index (χ0v) is 17.1. The quantitative estimate of drug-likeness (QED) is 0.550. The molecule has 0 bridgehead atoms. The van der Waals surface area contributed by atoms with Gasteiger partial charge in [0, 0.05) is 41.6 Å². The summed E-state index contributed by atoms with van der Waals surface area (Å²) in [7, 11) is 1.66. The number of allylic oxidation sites excluding steroid dienone is 1. The monoisotopic (exact) mass is 422 g/mol. The van der Waals surface area contributed by atoms with Gasteiger partial charge in [0.25, 0.3) is 0 Å². The van der Waals surface area contributed by atoms with E-state index in [0.29, 0.717) is 17.1 Å². The van der Waals surface area contributed by atoms with Crippen LogP contribution in [0.15, 0.2) is 40.4 Å². The van der Waals surface area contributed by atoms with Gasteiger partial charge < -0.3 is 11.5 Å². The van der Waals surface area contributed by atoms with Crippen molar-refractivity contribution in [1.82, 2.24) is 4.98 Å². The molecule has 0 amide bonds. The lowest BCUT2D eigenvalue weighted by atomic mass is 9.93. The summed E-state index contributed by atoms with van der Waals surface area (Å²) in [4.78, 5) is 9.88. The van der Waals surface area contributed by atoms with Gasteiger partial charge in [0.1, 0.15) is 11.6 Å². The maximum atomic E-state index is 14.6. The van der Waals surface area contributed by atoms with Gasteiger partial charge >= 0.3 is 0 Å². The van der Waals surface area contributed by atoms with Crippen molar-refractivity contribution in [2.45, 2.75) is 23.7 Å². The van der Waals surface area contributed by atoms with Crippen LogP contribution in [0.1, 0.15) is 30.0 Å². The summed E-state index contributed by atoms with van der Waals surface area (Å²) in [6, 6.07) is 4.08. The third-order valence-corrected chi connectivity index (χ3v) is 6.44. The van der Waals surface area contributed by atoms with Crippen LogP contribution in [-0.2, 0) is 0 Å². The highest BCUT2D eigenvalue weighted by atomic mass is 35.5. The topological polar surface area (TPSA) is 77.3 Å². The summed E-state index contributed by atoms with van der Waals surface area (Å²) in [6.07, 6.45) is 3.08. The minimum absolute atomic E-state index is 0.148. The van der Waals surface area contributed by atoms with E-state index >= 15 is 0 Å². The van der Waals surface area contributed by atoms with Gasteiger partial charge in [-0.05, 0) is 35.9 Å². The maximum absolute atomic E-state index is 14.6. The Labute approximate surface area is 172 Å². The molecular weight excluding hydrogens is 402 g/mol. The molecule has 4 nitrogen and oxygen atoms in total. The largest absolute Gasteiger partial charge is 0.405 e. The summed E-state index contributed by atoms with van der Waals surface area (Å²) in [5, 5.41) is -0.148. The van der Waals surface area contributed by atoms with E-state index in [0.717, 1.165) is 22.3 Å². The number of nitrogens with zero attached hydrogens (tertiary/aromatic N) is 2. The van der Waals surface area contributed by atoms with E-state index in [9.17, 15) is 8.78 Å². The Hall–Kier alpha value is -1.96. The predicted octanol–water partition coefficient (Wildman–Crippen LogP) is 4.47. The first-order valence-corrected chi connectivity index (χ1v) is 10.1. The minimum atomic E-state index is -0.801. The van der Waals surface area contributed by atoms with Crippen LogP contribution in [0.2, 0.25) is 5.02 Å². The summed E-state index contributed by atoms with van der Waals surface area (Å²) in [6.45, 7) is 2.36. The van der Waals surface area contributed by atoms with Gasteiger partial charge in [0.15, 0.2) is 0 Å². The molecule has 0 saturated heterocycles. The summed E-state index contributed by atoms with van der Waals surface area (Å²) in [5.41, 5.74) is 14.6. The van der Waals surface area contributed by atoms with Crippen molar-refractivity contribution in [2.24, 2.45) is 16.5 Å². The van der Waals surface area contributed by atoms with Gasteiger partial charge in [-0.15, -0.1) is 11.8 Å². The van der Waals surface area contributed by atoms with E-state index in [4.69, 9.17) is 28.1 Å². The average Bonchev–Trinajstić information content (AvgIpc) is 3.05. The van der Waals surface area contributed by atoms with Gasteiger partial charge in [-0.1, -0.05) is 18.5 Å². The van der Waals surface area contributed by atoms with Crippen molar-refractivity contribution in [1.29, 1.82) is 0 Å². The molecular formula is C20H21ClF2N4S. The van der Waals surface area contributed by atoms with Crippen LogP contribution < -0.4 is 11.5 Å². The van der Waals surface area contributed by atoms with Crippen LogP contribution in [0.4, 0.5) is 8.78 Å². The van der Waals surface area contributed by atoms with Crippen molar-refractivity contribution >= 4 is 29.1 Å². The van der Waals surface area contributed by atoms with Crippen molar-refractivity contribution < 1.29 is 8.78 Å². The molecule has 0 saturated carbocycles. The van der Waals surface area contributed by atoms with E-state index in [-0.39, 0.29) is 29.0 Å². The highest BCUT2D eigenvalue weighted by Gasteiger charge is 2.29. The second-order valence-corrected chi connectivity index (χ2v) is 8.01. The van der Waals surface area contributed by atoms with Gasteiger partial charge in [-0.3, -0.25) is 9.98 Å². The lowest BCUT2D eigenvalue weighted by Crippen LogP contribution is -2.22. The molecule has 0 fully saturated rings. The molecule has 8 heteroatoms. The summed E-state index contributed by atoms with van der Waals surface area (Å²) in [5.74, 6) is -0.681. The molecule has 2 atom stereocenters. The Balaban J connectivity index is 2.25. The number of hydrogen-bond acceptors (Lipinski definition) is 5. The zero-order valence-electron chi connectivity index (χ0n) is 15.5. The Kier molecular flexibility index (Phi) is 6.37. The summed E-state index contributed by atoms with van der Waals surface area (Å²) < 4.78 is 28.3. The third-order valence-electron chi connectivity index (χ3n) is 4.77. The van der Waals surface area contributed by atoms with Crippen LogP contribution in [-0.4, -0.2) is 30.0 Å². The molecule has 2 unspecified atom stereocenters. The minimum Gasteiger partial charge on any atom is -0.405 e. The highest BCUT2D eigenvalue weighted by molar-refractivity contribution is 7.99. The molecule has 0 radical (unpaired) electrons. The molecule has 4 N–H and O–H groups in total. The van der Waals surface area contributed by atoms with Crippen LogP contribution in [0, 0.1) is 11.6 Å². The molecule has 3 rings (SSSR count). The smallest absolute Gasteiger partial charge is 0.144 e. The lowest BCUT2D eigenvalue weighted by Gasteiger charge is -2.19. The third kappa shape index (κ3) is 3.79. The van der Waals surface area contributed by atoms with Crippen molar-refractivity contribution in [3.05, 3.63) is 58.4 Å². The Morgan fingerprint density at radius 2 is 2.14 bits per heavy atom. The van der Waals surface area contributed by atoms with Gasteiger partial charge in [0.2, 0.25) is 0 Å². The Bertz CT molecular complexity index is 962. The first-order valence-electron chi connectivity index (χ1n) is 8.78. The first-order chi connectivity index (χ1) is 13.4. The predicted molar refractivity (Wildman–Crippen MR) is 112 cm³/mol. The summed E-state index contributed by atoms with van der Waals surface area (Å²) >= 11 is 7.53. The van der Waals surface area contributed by atoms with Crippen LogP contribution in [0.25, 0.3) is 11.3 Å². The average molecular weight is 423 g/mol. The number of aliphatic imine (C=N–C) groups is 1. The van der Waals surface area contributed by atoms with Crippen molar-refractivity contribution in [2.75, 3.05) is 19.3 Å². The van der Waals surface area contributed by atoms with E-state index in [1.54, 1.807) is 24.9 Å². The van der Waals surface area contributed by atoms with Gasteiger partial charge in [0.05, 0.1) is 22.3 Å². The van der Waals surface area contributed by atoms with Crippen molar-refractivity contribution in [3.8, 4) is 11.3 Å². The van der Waals surface area contributed by atoms with Crippen LogP contribution in [0.5, 0.6) is 0 Å². The van der Waals surface area contributed by atoms with Crippen LogP contribution in [0.3, 0.4) is 0 Å². The zero-order chi connectivity index (χ0) is 20.4. The normalized spacial score (nSPS) is 17.9. The number of benzene rings is 1. The fourth-order valence-electron chi connectivity index (χ4n) is 3.29. The number of rotatable bonds is 5. The number of aromatic nitrogens is 1. The highest BCUT2D eigenvalue weighted by Crippen LogP contribution is 2.46. The van der Waals surface area contributed by atoms with E-state index in [1.807, 2.05) is 6.07 Å². The fourth-order valence-corrected chi connectivity index (χ4v) is 4.77. The SMILES string of the molecule is CN=C(/C=C\N)C(CN)c1cc2c(c(-c3cc(Cl)c(F)cc3F)n1)SCC2C. The Morgan fingerprint density at radius 1 is 1.39 bits per heavy atom. The second-order valence-electron chi connectivity index (χ2n) is 6.57. The number of pyridine rings is 1. The number of halogens is 3. The lowest BCUT2D eigenvalue weighted by molar-refractivity contribution is 0.585. The van der Waals surface area contributed by atoms with Crippen molar-refractivity contribution in [3.63, 3.8) is 0 Å². The Morgan fingerprint density at radius 3 is 2.79 bits per heavy atom. The van der Waals surface area contributed by atoms with E-state index in [2.05, 4.69) is 11.9 Å². The fraction of sp³-hybridized carbons (Fsp3) is 0.300. The molecule has 28 heavy (non-hydrogen) atoms. The number of fused-ring (bicyclic) bond motifs is 1. The molecule has 1 aliphatic rings. The first kappa shape index (κ1) is 20.8. The van der Waals surface area contributed by atoms with E-state index < -0.39 is 11.6 Å². The molecule has 1 aliphatic heterocycles. The standard InChI is InChI=1S/C20H21ClF2N4S/c1-10-9-28-20-11(10)6-18(13(8-25)17(26-2)3-4-24)27-19(20)12-5-14(21)16(23)7-15(12)22/h3-7,10,13H,8-9,24-25H2,1-2H3/b4-3-,26-17?. The molecule has 1 aromatic carbocycles. The number of hydrogen-bond donors (Lipinski definition) is 2. The van der Waals surface area contributed by atoms with Gasteiger partial charge in [-0.2, -0.15) is 0 Å².